The van der Waals surface area contributed by atoms with Crippen molar-refractivity contribution >= 4 is 12.1 Å². The van der Waals surface area contributed by atoms with E-state index in [2.05, 4.69) is 4.98 Å². The molecule has 8 nitrogen and oxygen atoms in total. The number of esters is 1. The van der Waals surface area contributed by atoms with Crippen molar-refractivity contribution in [2.45, 2.75) is 32.9 Å². The molecule has 0 saturated heterocycles. The normalized spacial score (nSPS) is 15.3. The zero-order chi connectivity index (χ0) is 22.4. The van der Waals surface area contributed by atoms with Crippen LogP contribution in [0.2, 0.25) is 0 Å². The van der Waals surface area contributed by atoms with Gasteiger partial charge in [0.1, 0.15) is 23.8 Å². The van der Waals surface area contributed by atoms with Gasteiger partial charge >= 0.3 is 12.1 Å². The molecule has 1 atom stereocenters. The summed E-state index contributed by atoms with van der Waals surface area (Å²) in [5, 5.41) is 0. The number of nitrogens with zero attached hydrogens (tertiary/aromatic N) is 2. The van der Waals surface area contributed by atoms with Crippen molar-refractivity contribution in [2.75, 3.05) is 27.4 Å². The number of hydrogen-bond donors (Lipinski definition) is 0. The smallest absolute Gasteiger partial charge is 0.410 e. The molecule has 0 spiro atoms. The number of amides is 1. The first-order valence-electron chi connectivity index (χ1n) is 10.2. The molecule has 0 aliphatic carbocycles. The molecular weight excluding hydrogens is 400 g/mol. The van der Waals surface area contributed by atoms with Gasteiger partial charge in [-0.25, -0.2) is 9.59 Å². The highest BCUT2D eigenvalue weighted by Crippen LogP contribution is 2.34. The highest BCUT2D eigenvalue weighted by atomic mass is 16.6. The van der Waals surface area contributed by atoms with Crippen LogP contribution in [-0.2, 0) is 27.3 Å². The third kappa shape index (κ3) is 5.25. The Kier molecular flexibility index (Phi) is 7.33. The van der Waals surface area contributed by atoms with Crippen LogP contribution < -0.4 is 9.47 Å². The van der Waals surface area contributed by atoms with Gasteiger partial charge in [-0.2, -0.15) is 0 Å². The molecule has 1 aliphatic rings. The second kappa shape index (κ2) is 10.1. The summed E-state index contributed by atoms with van der Waals surface area (Å²) in [5.74, 6) is 0.997. The maximum atomic E-state index is 12.6. The fraction of sp³-hybridized carbons (Fsp3) is 0.435. The molecule has 1 aromatic heterocycles. The summed E-state index contributed by atoms with van der Waals surface area (Å²) in [5.41, 5.74) is 2.32. The first kappa shape index (κ1) is 22.4. The summed E-state index contributed by atoms with van der Waals surface area (Å²) in [6.45, 7) is 4.80. The van der Waals surface area contributed by atoms with Crippen LogP contribution >= 0.6 is 0 Å². The van der Waals surface area contributed by atoms with Crippen LogP contribution in [0, 0.1) is 5.92 Å². The number of methoxy groups -OCH3 is 2. The Morgan fingerprint density at radius 2 is 2.03 bits per heavy atom. The molecule has 1 unspecified atom stereocenters. The molecule has 2 heterocycles. The van der Waals surface area contributed by atoms with Crippen LogP contribution in [0.4, 0.5) is 4.79 Å². The zero-order valence-electron chi connectivity index (χ0n) is 18.3. The Morgan fingerprint density at radius 1 is 1.23 bits per heavy atom. The first-order chi connectivity index (χ1) is 14.9. The van der Waals surface area contributed by atoms with E-state index in [1.807, 2.05) is 26.0 Å². The van der Waals surface area contributed by atoms with E-state index >= 15 is 0 Å². The lowest BCUT2D eigenvalue weighted by Crippen LogP contribution is -2.44. The molecule has 0 radical (unpaired) electrons. The second-order valence-corrected chi connectivity index (χ2v) is 7.64. The minimum atomic E-state index is -0.849. The van der Waals surface area contributed by atoms with Gasteiger partial charge in [-0.05, 0) is 47.7 Å². The Morgan fingerprint density at radius 3 is 2.74 bits per heavy atom. The van der Waals surface area contributed by atoms with Crippen molar-refractivity contribution in [3.05, 3.63) is 53.3 Å². The van der Waals surface area contributed by atoms with Gasteiger partial charge in [-0.1, -0.05) is 19.9 Å². The number of aromatic nitrogens is 1. The molecule has 0 N–H and O–H groups in total. The summed E-state index contributed by atoms with van der Waals surface area (Å²) in [7, 11) is 2.90. The lowest BCUT2D eigenvalue weighted by Gasteiger charge is -2.35. The summed E-state index contributed by atoms with van der Waals surface area (Å²) in [6, 6.07) is 8.23. The molecule has 31 heavy (non-hydrogen) atoms. The third-order valence-corrected chi connectivity index (χ3v) is 4.99. The number of benzene rings is 1. The maximum absolute atomic E-state index is 12.6. The molecule has 2 aromatic rings. The van der Waals surface area contributed by atoms with Gasteiger partial charge in [0, 0.05) is 12.7 Å². The Hall–Kier alpha value is -3.29. The largest absolute Gasteiger partial charge is 0.495 e. The van der Waals surface area contributed by atoms with E-state index in [0.29, 0.717) is 42.3 Å². The summed E-state index contributed by atoms with van der Waals surface area (Å²) in [4.78, 5) is 30.8. The van der Waals surface area contributed by atoms with Crippen molar-refractivity contribution < 1.29 is 28.5 Å². The number of pyridine rings is 1. The van der Waals surface area contributed by atoms with Crippen molar-refractivity contribution in [1.82, 2.24) is 9.88 Å². The molecular formula is C23H28N2O6. The zero-order valence-corrected chi connectivity index (χ0v) is 18.3. The Bertz CT molecular complexity index is 930. The van der Waals surface area contributed by atoms with Crippen molar-refractivity contribution in [2.24, 2.45) is 5.92 Å². The lowest BCUT2D eigenvalue weighted by atomic mass is 9.92. The highest BCUT2D eigenvalue weighted by molar-refractivity contribution is 5.84. The number of hydrogen-bond acceptors (Lipinski definition) is 7. The van der Waals surface area contributed by atoms with E-state index in [4.69, 9.17) is 18.9 Å². The molecule has 8 heteroatoms. The maximum Gasteiger partial charge on any atom is 0.410 e. The number of fused-ring (bicyclic) bond motifs is 1. The summed E-state index contributed by atoms with van der Waals surface area (Å²) in [6.07, 6.45) is 1.74. The van der Waals surface area contributed by atoms with E-state index in [9.17, 15) is 9.59 Å². The van der Waals surface area contributed by atoms with Gasteiger partial charge < -0.3 is 18.9 Å². The molecule has 0 bridgehead atoms. The van der Waals surface area contributed by atoms with E-state index in [0.717, 1.165) is 5.56 Å². The number of ether oxygens (including phenoxy) is 4. The van der Waals surface area contributed by atoms with Crippen LogP contribution in [0.1, 0.15) is 36.7 Å². The van der Waals surface area contributed by atoms with Crippen LogP contribution in [0.25, 0.3) is 0 Å². The number of carbonyl (C=O) groups is 2. The minimum Gasteiger partial charge on any atom is -0.495 e. The quantitative estimate of drug-likeness (QED) is 0.624. The molecule has 0 fully saturated rings. The second-order valence-electron chi connectivity index (χ2n) is 7.64. The fourth-order valence-electron chi connectivity index (χ4n) is 3.45. The molecule has 1 aromatic carbocycles. The number of carbonyl (C=O) groups excluding carboxylic acids is 2. The Labute approximate surface area is 182 Å². The third-order valence-electron chi connectivity index (χ3n) is 4.99. The first-order valence-corrected chi connectivity index (χ1v) is 10.2. The van der Waals surface area contributed by atoms with Gasteiger partial charge in [0.05, 0.1) is 20.8 Å². The van der Waals surface area contributed by atoms with Crippen LogP contribution in [0.15, 0.2) is 36.5 Å². The van der Waals surface area contributed by atoms with E-state index in [1.54, 1.807) is 31.5 Å². The van der Waals surface area contributed by atoms with E-state index in [-0.39, 0.29) is 12.5 Å². The highest BCUT2D eigenvalue weighted by Gasteiger charge is 2.38. The molecule has 0 saturated carbocycles. The average molecular weight is 428 g/mol. The van der Waals surface area contributed by atoms with E-state index in [1.165, 1.54) is 12.0 Å². The van der Waals surface area contributed by atoms with Gasteiger partial charge in [0.15, 0.2) is 6.04 Å². The number of rotatable bonds is 7. The van der Waals surface area contributed by atoms with Crippen LogP contribution in [0.3, 0.4) is 0 Å². The molecule has 1 aliphatic heterocycles. The molecule has 3 rings (SSSR count). The van der Waals surface area contributed by atoms with Crippen LogP contribution in [0.5, 0.6) is 11.5 Å². The SMILES string of the molecule is COC(=O)C1c2ccc(OCc3ncccc3OC)cc2CCN1C(=O)OCC(C)C. The van der Waals surface area contributed by atoms with Gasteiger partial charge in [-0.3, -0.25) is 9.88 Å². The topological polar surface area (TPSA) is 87.2 Å². The van der Waals surface area contributed by atoms with Gasteiger partial charge in [-0.15, -0.1) is 0 Å². The average Bonchev–Trinajstić information content (AvgIpc) is 2.79. The fourth-order valence-corrected chi connectivity index (χ4v) is 3.45. The van der Waals surface area contributed by atoms with Crippen molar-refractivity contribution in [1.29, 1.82) is 0 Å². The van der Waals surface area contributed by atoms with Gasteiger partial charge in [0.25, 0.3) is 0 Å². The predicted octanol–water partition coefficient (Wildman–Crippen LogP) is 3.53. The van der Waals surface area contributed by atoms with Crippen molar-refractivity contribution in [3.8, 4) is 11.5 Å². The lowest BCUT2D eigenvalue weighted by molar-refractivity contribution is -0.147. The summed E-state index contributed by atoms with van der Waals surface area (Å²) >= 11 is 0. The molecule has 166 valence electrons. The standard InChI is InChI=1S/C23H28N2O6/c1-15(2)13-31-23(27)25-11-9-16-12-17(7-8-18(16)21(25)22(26)29-4)30-14-19-20(28-3)6-5-10-24-19/h5-8,10,12,15,21H,9,11,13-14H2,1-4H3. The monoisotopic (exact) mass is 428 g/mol. The minimum absolute atomic E-state index is 0.204. The van der Waals surface area contributed by atoms with Crippen LogP contribution in [-0.4, -0.2) is 49.3 Å². The van der Waals surface area contributed by atoms with E-state index < -0.39 is 18.1 Å². The predicted molar refractivity (Wildman–Crippen MR) is 113 cm³/mol. The Balaban J connectivity index is 1.79. The molecule has 1 amide bonds. The summed E-state index contributed by atoms with van der Waals surface area (Å²) < 4.78 is 21.5. The van der Waals surface area contributed by atoms with Crippen molar-refractivity contribution in [3.63, 3.8) is 0 Å². The van der Waals surface area contributed by atoms with Gasteiger partial charge in [0.2, 0.25) is 0 Å².